The van der Waals surface area contributed by atoms with Crippen LogP contribution in [0.15, 0.2) is 36.7 Å². The lowest BCUT2D eigenvalue weighted by atomic mass is 10.1. The number of fused-ring (bicyclic) bond motifs is 1. The van der Waals surface area contributed by atoms with Crippen molar-refractivity contribution >= 4 is 38.7 Å². The van der Waals surface area contributed by atoms with Gasteiger partial charge in [0.25, 0.3) is 0 Å². The molecule has 0 amide bonds. The maximum Gasteiger partial charge on any atom is 0.142 e. The summed E-state index contributed by atoms with van der Waals surface area (Å²) in [5.74, 6) is 0.880. The summed E-state index contributed by atoms with van der Waals surface area (Å²) in [5.41, 5.74) is 2.38. The third-order valence-electron chi connectivity index (χ3n) is 4.30. The second-order valence-corrected chi connectivity index (χ2v) is 7.25. The van der Waals surface area contributed by atoms with Crippen molar-refractivity contribution in [1.82, 2.24) is 9.97 Å². The minimum atomic E-state index is 0.880. The zero-order chi connectivity index (χ0) is 15.6. The first kappa shape index (κ1) is 14.5. The molecule has 3 aromatic rings. The molecule has 5 heteroatoms. The van der Waals surface area contributed by atoms with Crippen LogP contribution in [0, 0.1) is 6.92 Å². The Balaban J connectivity index is 1.56. The Labute approximate surface area is 140 Å². The van der Waals surface area contributed by atoms with Gasteiger partial charge in [0, 0.05) is 29.3 Å². The van der Waals surface area contributed by atoms with E-state index >= 15 is 0 Å². The van der Waals surface area contributed by atoms with E-state index in [0.717, 1.165) is 21.7 Å². The molecule has 4 rings (SSSR count). The van der Waals surface area contributed by atoms with Gasteiger partial charge in [-0.2, -0.15) is 0 Å². The molecule has 4 nitrogen and oxygen atoms in total. The average molecular weight is 324 g/mol. The summed E-state index contributed by atoms with van der Waals surface area (Å²) >= 11 is 1.70. The molecule has 1 aliphatic heterocycles. The zero-order valence-electron chi connectivity index (χ0n) is 13.2. The number of hydrogen-bond donors (Lipinski definition) is 1. The van der Waals surface area contributed by atoms with E-state index in [1.54, 1.807) is 17.7 Å². The van der Waals surface area contributed by atoms with Crippen molar-refractivity contribution in [2.45, 2.75) is 26.2 Å². The predicted octanol–water partition coefficient (Wildman–Crippen LogP) is 4.73. The molecule has 1 fully saturated rings. The molecule has 0 radical (unpaired) electrons. The largest absolute Gasteiger partial charge is 0.372 e. The Morgan fingerprint density at radius 2 is 1.83 bits per heavy atom. The maximum absolute atomic E-state index is 4.40. The highest BCUT2D eigenvalue weighted by atomic mass is 32.1. The van der Waals surface area contributed by atoms with Crippen LogP contribution in [0.2, 0.25) is 0 Å². The molecule has 1 aliphatic rings. The average Bonchev–Trinajstić information content (AvgIpc) is 2.98. The summed E-state index contributed by atoms with van der Waals surface area (Å²) in [6.45, 7) is 4.45. The summed E-state index contributed by atoms with van der Waals surface area (Å²) in [7, 11) is 0. The Kier molecular flexibility index (Phi) is 3.87. The molecule has 0 spiro atoms. The fourth-order valence-electron chi connectivity index (χ4n) is 3.12. The molecule has 0 bridgehead atoms. The minimum absolute atomic E-state index is 0.880. The Bertz CT molecular complexity index is 804. The number of nitrogens with one attached hydrogen (secondary N) is 1. The standard InChI is InChI=1S/C18H20N4S/c1-13-11-16-17(19-12-20-18(16)23-13)21-14-5-7-15(8-6-14)22-9-3-2-4-10-22/h5-8,11-12H,2-4,9-10H2,1H3,(H,19,20,21). The number of aromatic nitrogens is 2. The Morgan fingerprint density at radius 3 is 2.61 bits per heavy atom. The van der Waals surface area contributed by atoms with Gasteiger partial charge in [-0.15, -0.1) is 11.3 Å². The molecule has 1 saturated heterocycles. The van der Waals surface area contributed by atoms with Gasteiger partial charge in [0.05, 0.1) is 5.39 Å². The third-order valence-corrected chi connectivity index (χ3v) is 5.26. The smallest absolute Gasteiger partial charge is 0.142 e. The zero-order valence-corrected chi connectivity index (χ0v) is 14.1. The molecule has 1 N–H and O–H groups in total. The molecule has 0 atom stereocenters. The van der Waals surface area contributed by atoms with Crippen molar-refractivity contribution < 1.29 is 0 Å². The van der Waals surface area contributed by atoms with E-state index in [1.165, 1.54) is 42.9 Å². The van der Waals surface area contributed by atoms with E-state index in [-0.39, 0.29) is 0 Å². The summed E-state index contributed by atoms with van der Waals surface area (Å²) in [6, 6.07) is 10.8. The quantitative estimate of drug-likeness (QED) is 0.756. The molecule has 23 heavy (non-hydrogen) atoms. The topological polar surface area (TPSA) is 41.0 Å². The van der Waals surface area contributed by atoms with Crippen LogP contribution in [0.1, 0.15) is 24.1 Å². The molecule has 3 heterocycles. The van der Waals surface area contributed by atoms with E-state index in [2.05, 4.69) is 57.4 Å². The maximum atomic E-state index is 4.40. The lowest BCUT2D eigenvalue weighted by Crippen LogP contribution is -2.29. The fraction of sp³-hybridized carbons (Fsp3) is 0.333. The van der Waals surface area contributed by atoms with Gasteiger partial charge in [-0.25, -0.2) is 9.97 Å². The van der Waals surface area contributed by atoms with E-state index in [1.807, 2.05) is 0 Å². The second-order valence-electron chi connectivity index (χ2n) is 6.02. The normalized spacial score (nSPS) is 15.1. The van der Waals surface area contributed by atoms with E-state index < -0.39 is 0 Å². The summed E-state index contributed by atoms with van der Waals surface area (Å²) < 4.78 is 0. The highest BCUT2D eigenvalue weighted by Crippen LogP contribution is 2.30. The SMILES string of the molecule is Cc1cc2c(Nc3ccc(N4CCCCC4)cc3)ncnc2s1. The van der Waals surface area contributed by atoms with Gasteiger partial charge in [-0.05, 0) is 56.5 Å². The van der Waals surface area contributed by atoms with Gasteiger partial charge < -0.3 is 10.2 Å². The van der Waals surface area contributed by atoms with Crippen LogP contribution in [0.5, 0.6) is 0 Å². The fourth-order valence-corrected chi connectivity index (χ4v) is 3.97. The lowest BCUT2D eigenvalue weighted by Gasteiger charge is -2.28. The monoisotopic (exact) mass is 324 g/mol. The highest BCUT2D eigenvalue weighted by molar-refractivity contribution is 7.18. The Hall–Kier alpha value is -2.14. The molecule has 118 valence electrons. The van der Waals surface area contributed by atoms with Crippen LogP contribution in [-0.4, -0.2) is 23.1 Å². The van der Waals surface area contributed by atoms with Crippen molar-refractivity contribution in [3.63, 3.8) is 0 Å². The number of hydrogen-bond acceptors (Lipinski definition) is 5. The summed E-state index contributed by atoms with van der Waals surface area (Å²) in [4.78, 5) is 13.5. The van der Waals surface area contributed by atoms with E-state index in [0.29, 0.717) is 0 Å². The lowest BCUT2D eigenvalue weighted by molar-refractivity contribution is 0.578. The van der Waals surface area contributed by atoms with E-state index in [4.69, 9.17) is 0 Å². The summed E-state index contributed by atoms with van der Waals surface area (Å²) in [5, 5.41) is 4.52. The van der Waals surface area contributed by atoms with Crippen molar-refractivity contribution in [3.05, 3.63) is 41.5 Å². The molecule has 0 aliphatic carbocycles. The number of thiophene rings is 1. The highest BCUT2D eigenvalue weighted by Gasteiger charge is 2.11. The van der Waals surface area contributed by atoms with Crippen molar-refractivity contribution in [2.75, 3.05) is 23.3 Å². The van der Waals surface area contributed by atoms with Crippen LogP contribution in [0.25, 0.3) is 10.2 Å². The Morgan fingerprint density at radius 1 is 1.04 bits per heavy atom. The van der Waals surface area contributed by atoms with E-state index in [9.17, 15) is 0 Å². The minimum Gasteiger partial charge on any atom is -0.372 e. The molecule has 2 aromatic heterocycles. The summed E-state index contributed by atoms with van der Waals surface area (Å²) in [6.07, 6.45) is 5.59. The number of anilines is 3. The van der Waals surface area contributed by atoms with Crippen molar-refractivity contribution in [1.29, 1.82) is 0 Å². The van der Waals surface area contributed by atoms with Gasteiger partial charge >= 0.3 is 0 Å². The van der Waals surface area contributed by atoms with Crippen molar-refractivity contribution in [3.8, 4) is 0 Å². The van der Waals surface area contributed by atoms with Crippen LogP contribution in [-0.2, 0) is 0 Å². The van der Waals surface area contributed by atoms with Gasteiger partial charge in [-0.1, -0.05) is 0 Å². The first-order chi connectivity index (χ1) is 11.3. The van der Waals surface area contributed by atoms with Crippen LogP contribution >= 0.6 is 11.3 Å². The van der Waals surface area contributed by atoms with Crippen LogP contribution in [0.3, 0.4) is 0 Å². The van der Waals surface area contributed by atoms with Crippen molar-refractivity contribution in [2.24, 2.45) is 0 Å². The van der Waals surface area contributed by atoms with Crippen LogP contribution in [0.4, 0.5) is 17.2 Å². The molecular weight excluding hydrogens is 304 g/mol. The van der Waals surface area contributed by atoms with Gasteiger partial charge in [0.2, 0.25) is 0 Å². The number of nitrogens with zero attached hydrogens (tertiary/aromatic N) is 3. The molecule has 1 aromatic carbocycles. The molecule has 0 saturated carbocycles. The first-order valence-electron chi connectivity index (χ1n) is 8.13. The number of piperidine rings is 1. The van der Waals surface area contributed by atoms with Gasteiger partial charge in [0.1, 0.15) is 17.0 Å². The molecule has 0 unspecified atom stereocenters. The number of aryl methyl sites for hydroxylation is 1. The van der Waals surface area contributed by atoms with Gasteiger partial charge in [0.15, 0.2) is 0 Å². The van der Waals surface area contributed by atoms with Crippen LogP contribution < -0.4 is 10.2 Å². The molecular formula is C18H20N4S. The number of benzene rings is 1. The predicted molar refractivity (Wildman–Crippen MR) is 97.9 cm³/mol. The second kappa shape index (κ2) is 6.16. The van der Waals surface area contributed by atoms with Gasteiger partial charge in [-0.3, -0.25) is 0 Å². The number of rotatable bonds is 3. The third kappa shape index (κ3) is 3.01. The first-order valence-corrected chi connectivity index (χ1v) is 8.94.